The number of ether oxygens (including phenoxy) is 1. The molecule has 0 spiro atoms. The summed E-state index contributed by atoms with van der Waals surface area (Å²) in [6.07, 6.45) is 16.4. The number of unbranched alkanes of at least 4 members (excludes halogenated alkanes) is 7. The Kier molecular flexibility index (Phi) is 11.5. The van der Waals surface area contributed by atoms with Crippen LogP contribution in [0.4, 0.5) is 0 Å². The van der Waals surface area contributed by atoms with Gasteiger partial charge in [-0.3, -0.25) is 4.79 Å². The number of hydrogen-bond acceptors (Lipinski definition) is 4. The summed E-state index contributed by atoms with van der Waals surface area (Å²) in [5, 5.41) is 0. The minimum Gasteiger partial charge on any atom is -0.469 e. The molecule has 1 aromatic carbocycles. The minimum absolute atomic E-state index is 0.0905. The molecule has 0 aromatic heterocycles. The summed E-state index contributed by atoms with van der Waals surface area (Å²) < 4.78 is 32.7. The van der Waals surface area contributed by atoms with Gasteiger partial charge in [-0.15, -0.1) is 0 Å². The van der Waals surface area contributed by atoms with E-state index >= 15 is 0 Å². The molecule has 3 atom stereocenters. The van der Waals surface area contributed by atoms with E-state index in [2.05, 4.69) is 23.8 Å². The summed E-state index contributed by atoms with van der Waals surface area (Å²) in [7, 11) is -1.99. The van der Waals surface area contributed by atoms with Crippen molar-refractivity contribution in [3.05, 3.63) is 42.0 Å². The highest BCUT2D eigenvalue weighted by molar-refractivity contribution is 7.89. The maximum absolute atomic E-state index is 13.2. The van der Waals surface area contributed by atoms with E-state index in [1.54, 1.807) is 16.4 Å². The Morgan fingerprint density at radius 3 is 2.34 bits per heavy atom. The van der Waals surface area contributed by atoms with Crippen LogP contribution >= 0.6 is 0 Å². The maximum atomic E-state index is 13.2. The molecule has 1 aliphatic rings. The average molecular weight is 464 g/mol. The maximum Gasteiger partial charge on any atom is 0.305 e. The third kappa shape index (κ3) is 8.36. The molecule has 1 aliphatic heterocycles. The van der Waals surface area contributed by atoms with Gasteiger partial charge in [0.25, 0.3) is 0 Å². The van der Waals surface area contributed by atoms with Crippen molar-refractivity contribution in [3.63, 3.8) is 0 Å². The molecule has 2 rings (SSSR count). The Morgan fingerprint density at radius 1 is 0.969 bits per heavy atom. The van der Waals surface area contributed by atoms with E-state index < -0.39 is 10.0 Å². The van der Waals surface area contributed by atoms with E-state index in [1.165, 1.54) is 7.11 Å². The van der Waals surface area contributed by atoms with Gasteiger partial charge in [-0.2, -0.15) is 4.31 Å². The van der Waals surface area contributed by atoms with Gasteiger partial charge in [0.05, 0.1) is 12.0 Å². The number of aryl methyl sites for hydroxylation is 1. The largest absolute Gasteiger partial charge is 0.469 e. The second-order valence-electron chi connectivity index (χ2n) is 8.87. The van der Waals surface area contributed by atoms with Crippen LogP contribution in [-0.2, 0) is 19.6 Å². The van der Waals surface area contributed by atoms with Crippen LogP contribution in [0.3, 0.4) is 0 Å². The van der Waals surface area contributed by atoms with Crippen molar-refractivity contribution in [3.8, 4) is 0 Å². The van der Waals surface area contributed by atoms with Crippen LogP contribution in [0.1, 0.15) is 89.5 Å². The van der Waals surface area contributed by atoms with Gasteiger partial charge in [-0.25, -0.2) is 8.42 Å². The standard InChI is InChI=1S/C26H41NO4S/c1-4-5-12-15-24-25(27(24)32(29,30)23-20-18-22(2)19-21-23)16-13-10-8-6-7-9-11-14-17-26(28)31-3/h10,13,18-21,24-25H,4-9,11-12,14-17H2,1-3H3/b13-10-/t24-,25-,27?/m1/s1. The topological polar surface area (TPSA) is 63.5 Å². The fourth-order valence-electron chi connectivity index (χ4n) is 4.20. The van der Waals surface area contributed by atoms with Gasteiger partial charge in [-0.1, -0.05) is 75.3 Å². The molecule has 0 amide bonds. The van der Waals surface area contributed by atoms with E-state index in [0.29, 0.717) is 11.3 Å². The summed E-state index contributed by atoms with van der Waals surface area (Å²) in [5.74, 6) is -0.126. The fraction of sp³-hybridized carbons (Fsp3) is 0.654. The lowest BCUT2D eigenvalue weighted by atomic mass is 10.1. The number of rotatable bonds is 16. The average Bonchev–Trinajstić information content (AvgIpc) is 3.48. The van der Waals surface area contributed by atoms with Crippen LogP contribution in [0, 0.1) is 6.92 Å². The predicted molar refractivity (Wildman–Crippen MR) is 130 cm³/mol. The van der Waals surface area contributed by atoms with Gasteiger partial charge in [0, 0.05) is 18.5 Å². The van der Waals surface area contributed by atoms with Crippen LogP contribution in [0.25, 0.3) is 0 Å². The lowest BCUT2D eigenvalue weighted by Crippen LogP contribution is -2.16. The summed E-state index contributed by atoms with van der Waals surface area (Å²) in [4.78, 5) is 11.5. The second kappa shape index (κ2) is 13.8. The summed E-state index contributed by atoms with van der Waals surface area (Å²) >= 11 is 0. The molecule has 0 radical (unpaired) electrons. The summed E-state index contributed by atoms with van der Waals surface area (Å²) in [5.41, 5.74) is 1.07. The van der Waals surface area contributed by atoms with Crippen LogP contribution in [0.2, 0.25) is 0 Å². The zero-order valence-electron chi connectivity index (χ0n) is 20.1. The predicted octanol–water partition coefficient (Wildman–Crippen LogP) is 6.17. The van der Waals surface area contributed by atoms with Crippen molar-refractivity contribution in [2.75, 3.05) is 7.11 Å². The SMILES string of the molecule is CCCCC[C@@H]1[C@@H](C/C=C\CCCCCCCC(=O)OC)N1S(=O)(=O)c1ccc(C)cc1. The van der Waals surface area contributed by atoms with Crippen LogP contribution in [0.5, 0.6) is 0 Å². The van der Waals surface area contributed by atoms with Crippen LogP contribution in [0.15, 0.2) is 41.3 Å². The monoisotopic (exact) mass is 463 g/mol. The molecule has 6 heteroatoms. The molecule has 1 unspecified atom stereocenters. The molecule has 5 nitrogen and oxygen atoms in total. The van der Waals surface area contributed by atoms with E-state index in [9.17, 15) is 13.2 Å². The van der Waals surface area contributed by atoms with Gasteiger partial charge >= 0.3 is 5.97 Å². The number of benzene rings is 1. The van der Waals surface area contributed by atoms with Gasteiger partial charge < -0.3 is 4.74 Å². The number of allylic oxidation sites excluding steroid dienone is 1. The zero-order valence-corrected chi connectivity index (χ0v) is 20.9. The molecule has 32 heavy (non-hydrogen) atoms. The number of carbonyl (C=O) groups is 1. The van der Waals surface area contributed by atoms with Crippen molar-refractivity contribution >= 4 is 16.0 Å². The summed E-state index contributed by atoms with van der Waals surface area (Å²) in [6.45, 7) is 4.14. The Hall–Kier alpha value is -1.66. The number of esters is 1. The molecule has 0 bridgehead atoms. The first-order chi connectivity index (χ1) is 15.4. The highest BCUT2D eigenvalue weighted by atomic mass is 32.2. The number of carbonyl (C=O) groups excluding carboxylic acids is 1. The first-order valence-electron chi connectivity index (χ1n) is 12.2. The molecule has 0 saturated carbocycles. The van der Waals surface area contributed by atoms with E-state index in [4.69, 9.17) is 0 Å². The highest BCUT2D eigenvalue weighted by Crippen LogP contribution is 2.41. The van der Waals surface area contributed by atoms with Crippen LogP contribution in [-0.4, -0.2) is 37.9 Å². The molecule has 1 aromatic rings. The van der Waals surface area contributed by atoms with Gasteiger partial charge in [-0.05, 0) is 51.2 Å². The first-order valence-corrected chi connectivity index (χ1v) is 13.7. The third-order valence-corrected chi connectivity index (χ3v) is 8.20. The van der Waals surface area contributed by atoms with E-state index in [-0.39, 0.29) is 18.1 Å². The number of hydrogen-bond donors (Lipinski definition) is 0. The Bertz CT molecular complexity index is 817. The van der Waals surface area contributed by atoms with Crippen molar-refractivity contribution in [2.45, 2.75) is 108 Å². The molecular formula is C26H41NO4S. The molecule has 1 heterocycles. The molecule has 0 aliphatic carbocycles. The first kappa shape index (κ1) is 26.6. The smallest absolute Gasteiger partial charge is 0.305 e. The van der Waals surface area contributed by atoms with Crippen molar-refractivity contribution in [1.82, 2.24) is 4.31 Å². The Morgan fingerprint density at radius 2 is 1.66 bits per heavy atom. The lowest BCUT2D eigenvalue weighted by Gasteiger charge is -2.07. The highest BCUT2D eigenvalue weighted by Gasteiger charge is 2.53. The molecule has 180 valence electrons. The van der Waals surface area contributed by atoms with E-state index in [1.807, 2.05) is 19.1 Å². The van der Waals surface area contributed by atoms with Crippen molar-refractivity contribution in [1.29, 1.82) is 0 Å². The minimum atomic E-state index is -3.42. The number of nitrogens with zero attached hydrogens (tertiary/aromatic N) is 1. The summed E-state index contributed by atoms with van der Waals surface area (Å²) in [6, 6.07) is 7.41. The molecular weight excluding hydrogens is 422 g/mol. The number of sulfonamides is 1. The molecule has 1 saturated heterocycles. The molecule has 1 fully saturated rings. The fourth-order valence-corrected chi connectivity index (χ4v) is 6.05. The Balaban J connectivity index is 1.77. The van der Waals surface area contributed by atoms with Crippen LogP contribution < -0.4 is 0 Å². The quantitative estimate of drug-likeness (QED) is 0.127. The van der Waals surface area contributed by atoms with Gasteiger partial charge in [0.1, 0.15) is 0 Å². The molecule has 0 N–H and O–H groups in total. The lowest BCUT2D eigenvalue weighted by molar-refractivity contribution is -0.140. The normalized spacial score (nSPS) is 20.5. The Labute approximate surface area is 195 Å². The third-order valence-electron chi connectivity index (χ3n) is 6.23. The van der Waals surface area contributed by atoms with Gasteiger partial charge in [0.2, 0.25) is 10.0 Å². The second-order valence-corrected chi connectivity index (χ2v) is 10.7. The van der Waals surface area contributed by atoms with Crippen molar-refractivity contribution < 1.29 is 17.9 Å². The zero-order chi connectivity index (χ0) is 23.4. The van der Waals surface area contributed by atoms with Crippen molar-refractivity contribution in [2.24, 2.45) is 0 Å². The van der Waals surface area contributed by atoms with E-state index in [0.717, 1.165) is 76.2 Å². The number of methoxy groups -OCH3 is 1. The van der Waals surface area contributed by atoms with Gasteiger partial charge in [0.15, 0.2) is 0 Å².